The zero-order valence-electron chi connectivity index (χ0n) is 17.9. The lowest BCUT2D eigenvalue weighted by Crippen LogP contribution is -2.67. The van der Waals surface area contributed by atoms with Crippen molar-refractivity contribution in [3.05, 3.63) is 16.1 Å². The molecule has 0 aromatic carbocycles. The average molecular weight is 480 g/mol. The molecule has 32 heavy (non-hydrogen) atoms. The summed E-state index contributed by atoms with van der Waals surface area (Å²) in [5, 5.41) is 10.3. The van der Waals surface area contributed by atoms with E-state index in [1.54, 1.807) is 11.3 Å². The third-order valence-electron chi connectivity index (χ3n) is 5.66. The molecule has 1 aromatic rings. The van der Waals surface area contributed by atoms with Crippen molar-refractivity contribution >= 4 is 23.2 Å². The number of alkyl halides is 3. The van der Waals surface area contributed by atoms with Gasteiger partial charge in [0.1, 0.15) is 0 Å². The molecule has 4 rings (SSSR count). The molecule has 1 aromatic heterocycles. The van der Waals surface area contributed by atoms with Gasteiger partial charge in [0.25, 0.3) is 0 Å². The van der Waals surface area contributed by atoms with Crippen LogP contribution in [0.4, 0.5) is 13.2 Å². The molecule has 3 fully saturated rings. The van der Waals surface area contributed by atoms with Crippen LogP contribution in [-0.4, -0.2) is 89.0 Å². The Labute approximate surface area is 188 Å². The Balaban J connectivity index is 0.000000360. The minimum Gasteiger partial charge on any atom is -0.475 e. The Kier molecular flexibility index (Phi) is 8.12. The van der Waals surface area contributed by atoms with Crippen molar-refractivity contribution in [1.29, 1.82) is 0 Å². The van der Waals surface area contributed by atoms with Gasteiger partial charge in [-0.3, -0.25) is 9.69 Å². The first-order valence-corrected chi connectivity index (χ1v) is 11.4. The minimum absolute atomic E-state index is 0.105. The number of aromatic nitrogens is 1. The molecular weight excluding hydrogens is 451 g/mol. The number of carbonyl (C=O) groups is 2. The molecule has 1 unspecified atom stereocenters. The molecule has 1 amide bonds. The van der Waals surface area contributed by atoms with Crippen molar-refractivity contribution in [2.24, 2.45) is 0 Å². The van der Waals surface area contributed by atoms with Crippen molar-refractivity contribution in [2.45, 2.75) is 57.1 Å². The summed E-state index contributed by atoms with van der Waals surface area (Å²) < 4.78 is 43.9. The summed E-state index contributed by atoms with van der Waals surface area (Å²) in [6, 6.07) is 0. The highest BCUT2D eigenvalue weighted by Gasteiger charge is 2.48. The number of halogens is 3. The maximum Gasteiger partial charge on any atom is 0.490 e. The molecule has 3 aliphatic rings. The van der Waals surface area contributed by atoms with Gasteiger partial charge in [-0.05, 0) is 26.2 Å². The fraction of sp³-hybridized carbons (Fsp3) is 0.750. The number of likely N-dealkylation sites (tertiary alicyclic amines) is 2. The average Bonchev–Trinajstić information content (AvgIpc) is 3.37. The minimum atomic E-state index is -5.08. The van der Waals surface area contributed by atoms with Crippen molar-refractivity contribution in [3.63, 3.8) is 0 Å². The van der Waals surface area contributed by atoms with E-state index in [0.717, 1.165) is 69.2 Å². The fourth-order valence-corrected chi connectivity index (χ4v) is 4.76. The van der Waals surface area contributed by atoms with Crippen molar-refractivity contribution in [2.75, 3.05) is 39.3 Å². The van der Waals surface area contributed by atoms with E-state index in [1.165, 1.54) is 0 Å². The Bertz CT molecular complexity index is 792. The first-order valence-electron chi connectivity index (χ1n) is 10.5. The highest BCUT2D eigenvalue weighted by molar-refractivity contribution is 7.09. The number of thiazole rings is 1. The van der Waals surface area contributed by atoms with Crippen molar-refractivity contribution < 1.29 is 37.3 Å². The third-order valence-corrected chi connectivity index (χ3v) is 6.49. The Hall–Kier alpha value is -1.76. The van der Waals surface area contributed by atoms with Gasteiger partial charge in [0.15, 0.2) is 0 Å². The number of hydrogen-bond donors (Lipinski definition) is 1. The molecule has 1 atom stereocenters. The number of ether oxygens (including phenoxy) is 2. The van der Waals surface area contributed by atoms with Gasteiger partial charge in [0.05, 0.1) is 35.6 Å². The van der Waals surface area contributed by atoms with Crippen LogP contribution >= 0.6 is 11.3 Å². The van der Waals surface area contributed by atoms with E-state index < -0.39 is 12.1 Å². The van der Waals surface area contributed by atoms with Crippen LogP contribution in [0.25, 0.3) is 0 Å². The molecule has 0 radical (unpaired) electrons. The summed E-state index contributed by atoms with van der Waals surface area (Å²) in [6.07, 6.45) is -0.693. The van der Waals surface area contributed by atoms with Crippen molar-refractivity contribution in [1.82, 2.24) is 14.8 Å². The molecule has 8 nitrogen and oxygen atoms in total. The molecule has 180 valence electrons. The lowest BCUT2D eigenvalue weighted by atomic mass is 9.84. The zero-order chi connectivity index (χ0) is 23.4. The number of amides is 1. The van der Waals surface area contributed by atoms with Gasteiger partial charge < -0.3 is 19.5 Å². The lowest BCUT2D eigenvalue weighted by Gasteiger charge is -2.53. The first-order chi connectivity index (χ1) is 15.1. The first kappa shape index (κ1) is 24.9. The van der Waals surface area contributed by atoms with Gasteiger partial charge in [-0.25, -0.2) is 9.78 Å². The molecular formula is C20H28F3N3O5S. The second-order valence-electron chi connectivity index (χ2n) is 8.35. The number of hydrogen-bond acceptors (Lipinski definition) is 7. The summed E-state index contributed by atoms with van der Waals surface area (Å²) >= 11 is 1.66. The number of rotatable bonds is 5. The molecule has 4 heterocycles. The van der Waals surface area contributed by atoms with E-state index in [-0.39, 0.29) is 17.6 Å². The van der Waals surface area contributed by atoms with Gasteiger partial charge in [-0.2, -0.15) is 13.2 Å². The third kappa shape index (κ3) is 6.87. The summed E-state index contributed by atoms with van der Waals surface area (Å²) in [7, 11) is 0. The van der Waals surface area contributed by atoms with Gasteiger partial charge >= 0.3 is 12.1 Å². The number of aryl methyl sites for hydroxylation is 1. The summed E-state index contributed by atoms with van der Waals surface area (Å²) in [6.45, 7) is 7.45. The van der Waals surface area contributed by atoms with Gasteiger partial charge in [-0.1, -0.05) is 0 Å². The molecule has 3 saturated heterocycles. The number of nitrogens with zero attached hydrogens (tertiary/aromatic N) is 3. The maximum absolute atomic E-state index is 12.3. The highest BCUT2D eigenvalue weighted by Crippen LogP contribution is 2.35. The van der Waals surface area contributed by atoms with E-state index >= 15 is 0 Å². The maximum atomic E-state index is 12.3. The SMILES string of the molecule is Cc1nc(COC2CCOC3(C2)CN(CC(=O)N2CCCC2)C3)cs1.O=C(O)C(F)(F)F. The van der Waals surface area contributed by atoms with Gasteiger partial charge in [0.2, 0.25) is 5.91 Å². The van der Waals surface area contributed by atoms with E-state index in [2.05, 4.69) is 15.3 Å². The smallest absolute Gasteiger partial charge is 0.475 e. The van der Waals surface area contributed by atoms with Crippen LogP contribution in [0.1, 0.15) is 36.4 Å². The second-order valence-corrected chi connectivity index (χ2v) is 9.41. The Morgan fingerprint density at radius 1 is 1.34 bits per heavy atom. The topological polar surface area (TPSA) is 92.2 Å². The second kappa shape index (κ2) is 10.4. The van der Waals surface area contributed by atoms with Crippen LogP contribution in [0.3, 0.4) is 0 Å². The normalized spacial score (nSPS) is 22.9. The van der Waals surface area contributed by atoms with Crippen LogP contribution in [0.2, 0.25) is 0 Å². The van der Waals surface area contributed by atoms with Crippen LogP contribution in [-0.2, 0) is 25.7 Å². The van der Waals surface area contributed by atoms with Crippen LogP contribution < -0.4 is 0 Å². The summed E-state index contributed by atoms with van der Waals surface area (Å²) in [5.74, 6) is -2.48. The molecule has 0 saturated carbocycles. The summed E-state index contributed by atoms with van der Waals surface area (Å²) in [5.41, 5.74) is 0.918. The molecule has 12 heteroatoms. The lowest BCUT2D eigenvalue weighted by molar-refractivity contribution is -0.199. The zero-order valence-corrected chi connectivity index (χ0v) is 18.7. The quantitative estimate of drug-likeness (QED) is 0.694. The van der Waals surface area contributed by atoms with E-state index in [4.69, 9.17) is 19.4 Å². The Morgan fingerprint density at radius 2 is 2.00 bits per heavy atom. The van der Waals surface area contributed by atoms with Gasteiger partial charge in [-0.15, -0.1) is 11.3 Å². The predicted molar refractivity (Wildman–Crippen MR) is 109 cm³/mol. The van der Waals surface area contributed by atoms with Crippen LogP contribution in [0.5, 0.6) is 0 Å². The molecule has 0 aliphatic carbocycles. The largest absolute Gasteiger partial charge is 0.490 e. The van der Waals surface area contributed by atoms with E-state index in [1.807, 2.05) is 11.8 Å². The number of carboxylic acids is 1. The van der Waals surface area contributed by atoms with Crippen LogP contribution in [0, 0.1) is 6.92 Å². The van der Waals surface area contributed by atoms with E-state index in [0.29, 0.717) is 13.2 Å². The molecule has 1 N–H and O–H groups in total. The fourth-order valence-electron chi connectivity index (χ4n) is 4.16. The number of aliphatic carboxylic acids is 1. The molecule has 3 aliphatic heterocycles. The number of carbonyl (C=O) groups excluding carboxylic acids is 1. The molecule has 1 spiro atoms. The highest BCUT2D eigenvalue weighted by atomic mass is 32.1. The van der Waals surface area contributed by atoms with E-state index in [9.17, 15) is 18.0 Å². The van der Waals surface area contributed by atoms with Crippen LogP contribution in [0.15, 0.2) is 5.38 Å². The monoisotopic (exact) mass is 479 g/mol. The van der Waals surface area contributed by atoms with Gasteiger partial charge in [0, 0.05) is 44.6 Å². The predicted octanol–water partition coefficient (Wildman–Crippen LogP) is 2.46. The summed E-state index contributed by atoms with van der Waals surface area (Å²) in [4.78, 5) is 29.8. The Morgan fingerprint density at radius 3 is 2.56 bits per heavy atom. The standard InChI is InChI=1S/C18H27N3O3S.C2HF3O2/c1-14-19-15(11-25-14)10-23-16-4-7-24-18(8-16)12-20(13-18)9-17(22)21-5-2-3-6-21;3-2(4,5)1(6)7/h11,16H,2-10,12-13H2,1H3;(H,6,7). The molecule has 0 bridgehead atoms. The number of carboxylic acid groups (broad SMARTS) is 1. The van der Waals surface area contributed by atoms with Crippen molar-refractivity contribution in [3.8, 4) is 0 Å².